The molecule has 0 radical (unpaired) electrons. The van der Waals surface area contributed by atoms with Gasteiger partial charge < -0.3 is 14.8 Å². The number of amides is 1. The highest BCUT2D eigenvalue weighted by Gasteiger charge is 2.20. The summed E-state index contributed by atoms with van der Waals surface area (Å²) in [6.07, 6.45) is 1.72. The number of rotatable bonds is 9. The van der Waals surface area contributed by atoms with Crippen molar-refractivity contribution in [2.45, 2.75) is 33.1 Å². The molecule has 0 aliphatic heterocycles. The van der Waals surface area contributed by atoms with E-state index < -0.39 is 31.0 Å². The molecular weight excluding hydrogens is 509 g/mol. The van der Waals surface area contributed by atoms with Crippen LogP contribution in [0.2, 0.25) is 5.02 Å². The lowest BCUT2D eigenvalue weighted by molar-refractivity contribution is -0.152. The van der Waals surface area contributed by atoms with Crippen LogP contribution < -0.4 is 10.1 Å². The van der Waals surface area contributed by atoms with Crippen LogP contribution in [-0.2, 0) is 23.2 Å². The van der Waals surface area contributed by atoms with Crippen LogP contribution in [0.1, 0.15) is 29.8 Å². The first-order chi connectivity index (χ1) is 17.6. The zero-order valence-corrected chi connectivity index (χ0v) is 21.0. The van der Waals surface area contributed by atoms with Gasteiger partial charge in [-0.25, -0.2) is 9.37 Å². The Morgan fingerprint density at radius 3 is 2.70 bits per heavy atom. The maximum Gasteiger partial charge on any atom is 0.345 e. The number of alkyl halides is 2. The number of aryl methyl sites for hydroxylation is 2. The Bertz CT molecular complexity index is 1440. The standard InChI is InChI=1S/C26H24ClF3N4O3/c1-14-9-19(22-7-8-31-34(22)3)17-5-4-6-23(25(17)32-14)36-12-20-18(10-16(28)11-21(20)27)15(2)33-24(35)13-37-26(29)30/h4-11,15,26H,12-13H2,1-3H3,(H,33,35)/t15-/m0/s1. The number of hydrogen-bond donors (Lipinski definition) is 1. The first-order valence-electron chi connectivity index (χ1n) is 11.3. The summed E-state index contributed by atoms with van der Waals surface area (Å²) in [6.45, 7) is -0.509. The van der Waals surface area contributed by atoms with E-state index in [1.54, 1.807) is 23.9 Å². The summed E-state index contributed by atoms with van der Waals surface area (Å²) >= 11 is 6.36. The van der Waals surface area contributed by atoms with Gasteiger partial charge in [-0.3, -0.25) is 9.48 Å². The van der Waals surface area contributed by atoms with Crippen molar-refractivity contribution in [2.75, 3.05) is 6.61 Å². The van der Waals surface area contributed by atoms with Crippen LogP contribution in [0.15, 0.2) is 48.7 Å². The van der Waals surface area contributed by atoms with E-state index in [0.29, 0.717) is 22.4 Å². The lowest BCUT2D eigenvalue weighted by atomic mass is 10.0. The lowest BCUT2D eigenvalue weighted by Gasteiger charge is -2.20. The second kappa shape index (κ2) is 11.2. The van der Waals surface area contributed by atoms with Crippen LogP contribution in [0.5, 0.6) is 5.75 Å². The number of para-hydroxylation sites is 1. The lowest BCUT2D eigenvalue weighted by Crippen LogP contribution is -2.31. The normalized spacial score (nSPS) is 12.2. The molecule has 0 aliphatic rings. The molecule has 0 spiro atoms. The van der Waals surface area contributed by atoms with Crippen molar-refractivity contribution in [2.24, 2.45) is 7.05 Å². The third-order valence-electron chi connectivity index (χ3n) is 5.78. The molecule has 11 heteroatoms. The minimum Gasteiger partial charge on any atom is -0.487 e. The fraction of sp³-hybridized carbons (Fsp3) is 0.269. The molecule has 0 fully saturated rings. The fourth-order valence-electron chi connectivity index (χ4n) is 4.13. The van der Waals surface area contributed by atoms with E-state index in [1.807, 2.05) is 38.2 Å². The van der Waals surface area contributed by atoms with Gasteiger partial charge in [0.1, 0.15) is 30.3 Å². The number of carbonyl (C=O) groups excluding carboxylic acids is 1. The summed E-state index contributed by atoms with van der Waals surface area (Å²) in [5.74, 6) is -0.911. The van der Waals surface area contributed by atoms with Crippen molar-refractivity contribution < 1.29 is 27.4 Å². The smallest absolute Gasteiger partial charge is 0.345 e. The number of pyridine rings is 1. The van der Waals surface area contributed by atoms with Gasteiger partial charge in [-0.1, -0.05) is 23.7 Å². The monoisotopic (exact) mass is 532 g/mol. The molecule has 1 amide bonds. The second-order valence-corrected chi connectivity index (χ2v) is 8.82. The Labute approximate surface area is 216 Å². The van der Waals surface area contributed by atoms with Crippen molar-refractivity contribution >= 4 is 28.4 Å². The van der Waals surface area contributed by atoms with Crippen molar-refractivity contribution in [3.63, 3.8) is 0 Å². The minimum atomic E-state index is -3.08. The molecule has 37 heavy (non-hydrogen) atoms. The molecule has 0 saturated heterocycles. The largest absolute Gasteiger partial charge is 0.487 e. The summed E-state index contributed by atoms with van der Waals surface area (Å²) in [4.78, 5) is 16.7. The number of fused-ring (bicyclic) bond motifs is 1. The van der Waals surface area contributed by atoms with Gasteiger partial charge in [0.05, 0.1) is 16.8 Å². The fourth-order valence-corrected chi connectivity index (χ4v) is 4.40. The number of hydrogen-bond acceptors (Lipinski definition) is 5. The molecule has 4 rings (SSSR count). The number of nitrogens with zero attached hydrogens (tertiary/aromatic N) is 3. The van der Waals surface area contributed by atoms with Gasteiger partial charge in [0, 0.05) is 35.5 Å². The molecule has 2 aromatic carbocycles. The number of aromatic nitrogens is 3. The summed E-state index contributed by atoms with van der Waals surface area (Å²) < 4.78 is 50.7. The van der Waals surface area contributed by atoms with Crippen LogP contribution in [-0.4, -0.2) is 33.9 Å². The quantitative estimate of drug-likeness (QED) is 0.298. The first-order valence-corrected chi connectivity index (χ1v) is 11.7. The molecule has 0 unspecified atom stereocenters. The Kier molecular flexibility index (Phi) is 7.99. The first kappa shape index (κ1) is 26.4. The summed E-state index contributed by atoms with van der Waals surface area (Å²) in [5.41, 5.74) is 4.04. The predicted octanol–water partition coefficient (Wildman–Crippen LogP) is 5.73. The van der Waals surface area contributed by atoms with Crippen molar-refractivity contribution in [1.29, 1.82) is 0 Å². The molecule has 0 bridgehead atoms. The van der Waals surface area contributed by atoms with Crippen molar-refractivity contribution in [1.82, 2.24) is 20.1 Å². The summed E-state index contributed by atoms with van der Waals surface area (Å²) in [5, 5.41) is 7.72. The molecular formula is C26H24ClF3N4O3. The molecule has 1 atom stereocenters. The molecule has 2 heterocycles. The minimum absolute atomic E-state index is 0.0576. The predicted molar refractivity (Wildman–Crippen MR) is 133 cm³/mol. The molecule has 0 saturated carbocycles. The van der Waals surface area contributed by atoms with E-state index in [0.717, 1.165) is 28.4 Å². The van der Waals surface area contributed by atoms with Gasteiger partial charge >= 0.3 is 6.61 Å². The summed E-state index contributed by atoms with van der Waals surface area (Å²) in [6, 6.07) is 11.0. The molecule has 7 nitrogen and oxygen atoms in total. The zero-order valence-electron chi connectivity index (χ0n) is 20.3. The third kappa shape index (κ3) is 6.03. The molecule has 0 aliphatic carbocycles. The van der Waals surface area contributed by atoms with Gasteiger partial charge in [-0.05, 0) is 49.7 Å². The van der Waals surface area contributed by atoms with Crippen LogP contribution in [0.3, 0.4) is 0 Å². The van der Waals surface area contributed by atoms with Gasteiger partial charge in [0.25, 0.3) is 0 Å². The zero-order chi connectivity index (χ0) is 26.7. The van der Waals surface area contributed by atoms with E-state index in [2.05, 4.69) is 20.1 Å². The van der Waals surface area contributed by atoms with Crippen LogP contribution in [0.25, 0.3) is 22.2 Å². The Morgan fingerprint density at radius 1 is 1.22 bits per heavy atom. The average molecular weight is 533 g/mol. The van der Waals surface area contributed by atoms with E-state index in [9.17, 15) is 18.0 Å². The Morgan fingerprint density at radius 2 is 2.00 bits per heavy atom. The highest BCUT2D eigenvalue weighted by Crippen LogP contribution is 2.34. The van der Waals surface area contributed by atoms with Crippen LogP contribution >= 0.6 is 11.6 Å². The van der Waals surface area contributed by atoms with Crippen LogP contribution in [0.4, 0.5) is 13.2 Å². The highest BCUT2D eigenvalue weighted by atomic mass is 35.5. The van der Waals surface area contributed by atoms with Gasteiger partial charge in [0.2, 0.25) is 5.91 Å². The van der Waals surface area contributed by atoms with Crippen molar-refractivity contribution in [3.05, 3.63) is 76.3 Å². The Balaban J connectivity index is 1.64. The van der Waals surface area contributed by atoms with E-state index in [1.165, 1.54) is 6.07 Å². The summed E-state index contributed by atoms with van der Waals surface area (Å²) in [7, 11) is 1.86. The second-order valence-electron chi connectivity index (χ2n) is 8.41. The maximum absolute atomic E-state index is 14.2. The third-order valence-corrected chi connectivity index (χ3v) is 6.12. The molecule has 1 N–H and O–H groups in total. The molecule has 4 aromatic rings. The van der Waals surface area contributed by atoms with Crippen LogP contribution in [0, 0.1) is 12.7 Å². The molecule has 2 aromatic heterocycles. The van der Waals surface area contributed by atoms with E-state index in [-0.39, 0.29) is 11.6 Å². The maximum atomic E-state index is 14.2. The number of carbonyl (C=O) groups is 1. The van der Waals surface area contributed by atoms with Gasteiger partial charge in [-0.15, -0.1) is 0 Å². The van der Waals surface area contributed by atoms with E-state index >= 15 is 0 Å². The average Bonchev–Trinajstić information content (AvgIpc) is 3.27. The van der Waals surface area contributed by atoms with Crippen molar-refractivity contribution in [3.8, 4) is 17.0 Å². The molecule has 194 valence electrons. The van der Waals surface area contributed by atoms with E-state index in [4.69, 9.17) is 16.3 Å². The SMILES string of the molecule is Cc1cc(-c2ccnn2C)c2cccc(OCc3c(Cl)cc(F)cc3[C@H](C)NC(=O)COC(F)F)c2n1. The topological polar surface area (TPSA) is 78.3 Å². The number of nitrogens with one attached hydrogen (secondary N) is 1. The van der Waals surface area contributed by atoms with Gasteiger partial charge in [-0.2, -0.15) is 13.9 Å². The number of ether oxygens (including phenoxy) is 2. The number of benzene rings is 2. The Hall–Kier alpha value is -3.63. The highest BCUT2D eigenvalue weighted by molar-refractivity contribution is 6.31. The van der Waals surface area contributed by atoms with Gasteiger partial charge in [0.15, 0.2) is 0 Å². The number of halogens is 4.